The fraction of sp³-hybridized carbons (Fsp3) is 0.714. The maximum Gasteiger partial charge on any atom is 0.119 e. The molecule has 0 bridgehead atoms. The van der Waals surface area contributed by atoms with E-state index in [0.717, 1.165) is 25.3 Å². The molecule has 1 unspecified atom stereocenters. The van der Waals surface area contributed by atoms with Gasteiger partial charge < -0.3 is 15.0 Å². The molecule has 1 fully saturated rings. The van der Waals surface area contributed by atoms with Gasteiger partial charge in [-0.3, -0.25) is 0 Å². The number of nitrogens with one attached hydrogen (secondary N) is 1. The van der Waals surface area contributed by atoms with Crippen LogP contribution in [0.3, 0.4) is 0 Å². The van der Waals surface area contributed by atoms with Crippen LogP contribution in [0.4, 0.5) is 0 Å². The van der Waals surface area contributed by atoms with Crippen molar-refractivity contribution in [2.45, 2.75) is 98.1 Å². The quantitative estimate of drug-likeness (QED) is 0.314. The molecule has 3 nitrogen and oxygen atoms in total. The van der Waals surface area contributed by atoms with Gasteiger partial charge >= 0.3 is 0 Å². The summed E-state index contributed by atoms with van der Waals surface area (Å²) in [4.78, 5) is 2.58. The van der Waals surface area contributed by atoms with E-state index in [-0.39, 0.29) is 0 Å². The van der Waals surface area contributed by atoms with Gasteiger partial charge in [-0.1, -0.05) is 43.5 Å². The molecule has 3 heteroatoms. The number of nitrogens with zero attached hydrogens (tertiary/aromatic N) is 1. The van der Waals surface area contributed by atoms with E-state index in [2.05, 4.69) is 62.2 Å². The van der Waals surface area contributed by atoms with Crippen molar-refractivity contribution in [3.63, 3.8) is 0 Å². The largest absolute Gasteiger partial charge is 0.494 e. The summed E-state index contributed by atoms with van der Waals surface area (Å²) in [5, 5.41) is 3.72. The molecule has 0 spiro atoms. The van der Waals surface area contributed by atoms with E-state index in [4.69, 9.17) is 4.74 Å². The van der Waals surface area contributed by atoms with Crippen LogP contribution in [-0.2, 0) is 6.54 Å². The van der Waals surface area contributed by atoms with Crippen molar-refractivity contribution >= 4 is 0 Å². The normalized spacial score (nSPS) is 20.6. The molecule has 1 aliphatic heterocycles. The lowest BCUT2D eigenvalue weighted by Crippen LogP contribution is -2.31. The summed E-state index contributed by atoms with van der Waals surface area (Å²) in [6.45, 7) is 15.0. The first-order valence-corrected chi connectivity index (χ1v) is 12.8. The molecule has 1 aliphatic carbocycles. The lowest BCUT2D eigenvalue weighted by molar-refractivity contribution is 0.205. The van der Waals surface area contributed by atoms with Crippen molar-refractivity contribution < 1.29 is 4.74 Å². The smallest absolute Gasteiger partial charge is 0.119 e. The Balaban J connectivity index is 1.33. The van der Waals surface area contributed by atoms with E-state index in [0.29, 0.717) is 11.5 Å². The molecule has 0 amide bonds. The second-order valence-corrected chi connectivity index (χ2v) is 10.6. The highest BCUT2D eigenvalue weighted by Gasteiger charge is 2.28. The van der Waals surface area contributed by atoms with Crippen LogP contribution in [0.5, 0.6) is 5.75 Å². The topological polar surface area (TPSA) is 24.5 Å². The fourth-order valence-corrected chi connectivity index (χ4v) is 5.35. The van der Waals surface area contributed by atoms with Crippen molar-refractivity contribution in [3.05, 3.63) is 41.0 Å². The van der Waals surface area contributed by atoms with Crippen LogP contribution in [-0.4, -0.2) is 37.2 Å². The Bertz CT molecular complexity index is 685. The highest BCUT2D eigenvalue weighted by atomic mass is 16.5. The Labute approximate surface area is 191 Å². The van der Waals surface area contributed by atoms with Crippen LogP contribution < -0.4 is 10.1 Å². The van der Waals surface area contributed by atoms with Crippen LogP contribution in [0.15, 0.2) is 35.4 Å². The first-order valence-electron chi connectivity index (χ1n) is 12.8. The van der Waals surface area contributed by atoms with E-state index in [1.807, 2.05) is 0 Å². The van der Waals surface area contributed by atoms with Crippen molar-refractivity contribution in [3.8, 4) is 5.75 Å². The second-order valence-electron chi connectivity index (χ2n) is 10.6. The Morgan fingerprint density at radius 2 is 1.81 bits per heavy atom. The molecular weight excluding hydrogens is 380 g/mol. The Kier molecular flexibility index (Phi) is 9.47. The molecule has 31 heavy (non-hydrogen) atoms. The van der Waals surface area contributed by atoms with E-state index >= 15 is 0 Å². The van der Waals surface area contributed by atoms with Crippen molar-refractivity contribution in [2.75, 3.05) is 26.2 Å². The summed E-state index contributed by atoms with van der Waals surface area (Å²) >= 11 is 0. The van der Waals surface area contributed by atoms with E-state index in [1.54, 1.807) is 11.1 Å². The van der Waals surface area contributed by atoms with Gasteiger partial charge in [-0.2, -0.15) is 0 Å². The van der Waals surface area contributed by atoms with Gasteiger partial charge in [-0.25, -0.2) is 0 Å². The lowest BCUT2D eigenvalue weighted by atomic mass is 9.71. The third-order valence-electron chi connectivity index (χ3n) is 7.43. The fourth-order valence-electron chi connectivity index (χ4n) is 5.35. The molecule has 1 heterocycles. The minimum absolute atomic E-state index is 0.395. The van der Waals surface area contributed by atoms with E-state index in [9.17, 15) is 0 Å². The van der Waals surface area contributed by atoms with E-state index in [1.165, 1.54) is 76.6 Å². The number of rotatable bonds is 11. The molecular formula is C28H46N2O. The summed E-state index contributed by atoms with van der Waals surface area (Å²) in [6, 6.07) is 9.19. The second kappa shape index (κ2) is 12.1. The highest BCUT2D eigenvalue weighted by Crippen LogP contribution is 2.42. The predicted molar refractivity (Wildman–Crippen MR) is 133 cm³/mol. The zero-order valence-corrected chi connectivity index (χ0v) is 20.6. The molecule has 3 rings (SSSR count). The van der Waals surface area contributed by atoms with Gasteiger partial charge in [-0.05, 0) is 101 Å². The monoisotopic (exact) mass is 426 g/mol. The molecule has 2 aliphatic rings. The number of likely N-dealkylation sites (tertiary alicyclic amines) is 1. The lowest BCUT2D eigenvalue weighted by Gasteiger charge is -2.35. The van der Waals surface area contributed by atoms with Gasteiger partial charge in [0.2, 0.25) is 0 Å². The van der Waals surface area contributed by atoms with Gasteiger partial charge in [-0.15, -0.1) is 0 Å². The number of ether oxygens (including phenoxy) is 1. The summed E-state index contributed by atoms with van der Waals surface area (Å²) in [5.41, 5.74) is 5.09. The first-order chi connectivity index (χ1) is 14.9. The van der Waals surface area contributed by atoms with Crippen molar-refractivity contribution in [1.29, 1.82) is 0 Å². The van der Waals surface area contributed by atoms with E-state index < -0.39 is 0 Å². The minimum atomic E-state index is 0.395. The van der Waals surface area contributed by atoms with Gasteiger partial charge in [0, 0.05) is 19.1 Å². The molecule has 174 valence electrons. The summed E-state index contributed by atoms with van der Waals surface area (Å²) < 4.78 is 5.96. The van der Waals surface area contributed by atoms with Gasteiger partial charge in [0.05, 0.1) is 6.61 Å². The van der Waals surface area contributed by atoms with Crippen molar-refractivity contribution in [2.24, 2.45) is 5.41 Å². The number of allylic oxidation sites excluding steroid dienone is 2. The van der Waals surface area contributed by atoms with Crippen LogP contribution in [0, 0.1) is 5.41 Å². The molecule has 0 saturated carbocycles. The van der Waals surface area contributed by atoms with Crippen LogP contribution in [0.25, 0.3) is 0 Å². The first kappa shape index (κ1) is 24.3. The number of hydrogen-bond donors (Lipinski definition) is 1. The van der Waals surface area contributed by atoms with Gasteiger partial charge in [0.1, 0.15) is 5.75 Å². The molecule has 1 aromatic rings. The van der Waals surface area contributed by atoms with Crippen molar-refractivity contribution in [1.82, 2.24) is 10.2 Å². The Hall–Kier alpha value is -1.32. The van der Waals surface area contributed by atoms with Gasteiger partial charge in [0.15, 0.2) is 0 Å². The summed E-state index contributed by atoms with van der Waals surface area (Å²) in [5.74, 6) is 0.998. The number of benzene rings is 1. The van der Waals surface area contributed by atoms with Crippen LogP contribution in [0.1, 0.15) is 91.0 Å². The molecule has 1 saturated heterocycles. The molecule has 0 aromatic heterocycles. The Morgan fingerprint density at radius 1 is 1.06 bits per heavy atom. The predicted octanol–water partition coefficient (Wildman–Crippen LogP) is 6.73. The maximum absolute atomic E-state index is 5.96. The molecule has 1 N–H and O–H groups in total. The Morgan fingerprint density at radius 3 is 2.52 bits per heavy atom. The molecule has 0 radical (unpaired) electrons. The molecule has 1 aromatic carbocycles. The third-order valence-corrected chi connectivity index (χ3v) is 7.43. The standard InChI is InChI=1S/C28H46N2O/c1-23-10-8-17-28(3,4)27(23)16-11-24(2)29-22-25-12-14-26(15-13-25)31-21-9-20-30-18-6-5-7-19-30/h12-15,24,29H,5-11,16-22H2,1-4H3. The highest BCUT2D eigenvalue weighted by molar-refractivity contribution is 5.27. The van der Waals surface area contributed by atoms with Gasteiger partial charge in [0.25, 0.3) is 0 Å². The third kappa shape index (κ3) is 7.95. The SMILES string of the molecule is CC1=C(CCC(C)NCc2ccc(OCCCN3CCCCC3)cc2)C(C)(C)CCC1. The summed E-state index contributed by atoms with van der Waals surface area (Å²) in [7, 11) is 0. The summed E-state index contributed by atoms with van der Waals surface area (Å²) in [6.07, 6.45) is 11.7. The number of piperidine rings is 1. The van der Waals surface area contributed by atoms with Crippen LogP contribution in [0.2, 0.25) is 0 Å². The maximum atomic E-state index is 5.96. The van der Waals surface area contributed by atoms with Crippen LogP contribution >= 0.6 is 0 Å². The zero-order chi connectivity index (χ0) is 22.1. The zero-order valence-electron chi connectivity index (χ0n) is 20.6. The molecule has 1 atom stereocenters. The average molecular weight is 427 g/mol. The minimum Gasteiger partial charge on any atom is -0.494 e. The number of hydrogen-bond acceptors (Lipinski definition) is 3. The average Bonchev–Trinajstić information content (AvgIpc) is 2.76.